The number of rotatable bonds is 1. The Bertz CT molecular complexity index is 476. The lowest BCUT2D eigenvalue weighted by molar-refractivity contribution is -0.130. The third-order valence-electron chi connectivity index (χ3n) is 2.21. The van der Waals surface area contributed by atoms with Crippen LogP contribution in [-0.4, -0.2) is 29.9 Å². The Labute approximate surface area is 91.5 Å². The zero-order chi connectivity index (χ0) is 11.5. The van der Waals surface area contributed by atoms with Crippen LogP contribution in [0.2, 0.25) is 0 Å². The summed E-state index contributed by atoms with van der Waals surface area (Å²) in [5.74, 6) is -0.743. The van der Waals surface area contributed by atoms with Crippen LogP contribution >= 0.6 is 0 Å². The van der Waals surface area contributed by atoms with Crippen LogP contribution in [-0.2, 0) is 9.59 Å². The van der Waals surface area contributed by atoms with Crippen molar-refractivity contribution in [2.75, 3.05) is 18.0 Å². The predicted octanol–water partition coefficient (Wildman–Crippen LogP) is -0.584. The Morgan fingerprint density at radius 3 is 2.69 bits per heavy atom. The molecule has 1 aliphatic heterocycles. The average molecular weight is 216 g/mol. The van der Waals surface area contributed by atoms with E-state index in [1.165, 1.54) is 17.3 Å². The van der Waals surface area contributed by atoms with Crippen molar-refractivity contribution in [1.29, 1.82) is 5.26 Å². The second kappa shape index (κ2) is 3.98. The molecule has 80 valence electrons. The Hall–Kier alpha value is -2.42. The molecule has 0 radical (unpaired) electrons. The van der Waals surface area contributed by atoms with Gasteiger partial charge in [0.25, 0.3) is 0 Å². The molecule has 1 aliphatic rings. The van der Waals surface area contributed by atoms with Crippen molar-refractivity contribution in [3.05, 3.63) is 24.0 Å². The van der Waals surface area contributed by atoms with Crippen molar-refractivity contribution in [3.8, 4) is 6.07 Å². The van der Waals surface area contributed by atoms with Crippen molar-refractivity contribution in [2.24, 2.45) is 0 Å². The van der Waals surface area contributed by atoms with E-state index >= 15 is 0 Å². The molecule has 6 heteroatoms. The highest BCUT2D eigenvalue weighted by atomic mass is 16.2. The summed E-state index contributed by atoms with van der Waals surface area (Å²) in [5, 5.41) is 11.1. The Morgan fingerprint density at radius 1 is 1.38 bits per heavy atom. The number of pyridine rings is 1. The largest absolute Gasteiger partial charge is 0.351 e. The van der Waals surface area contributed by atoms with Gasteiger partial charge in [0, 0.05) is 6.20 Å². The first kappa shape index (κ1) is 10.1. The molecule has 0 aromatic carbocycles. The van der Waals surface area contributed by atoms with Crippen LogP contribution in [0.25, 0.3) is 0 Å². The second-order valence-corrected chi connectivity index (χ2v) is 3.33. The molecule has 6 nitrogen and oxygen atoms in total. The quantitative estimate of drug-likeness (QED) is 0.634. The zero-order valence-corrected chi connectivity index (χ0v) is 8.30. The van der Waals surface area contributed by atoms with Crippen molar-refractivity contribution in [3.63, 3.8) is 0 Å². The molecule has 0 atom stereocenters. The monoisotopic (exact) mass is 216 g/mol. The predicted molar refractivity (Wildman–Crippen MR) is 54.3 cm³/mol. The highest BCUT2D eigenvalue weighted by Crippen LogP contribution is 2.18. The minimum absolute atomic E-state index is 0.0616. The topological polar surface area (TPSA) is 86.1 Å². The molecule has 0 unspecified atom stereocenters. The van der Waals surface area contributed by atoms with Crippen LogP contribution in [0.1, 0.15) is 5.56 Å². The molecule has 0 bridgehead atoms. The van der Waals surface area contributed by atoms with Gasteiger partial charge in [-0.05, 0) is 6.07 Å². The maximum Gasteiger partial charge on any atom is 0.246 e. The number of imide groups is 1. The van der Waals surface area contributed by atoms with Gasteiger partial charge in [0.1, 0.15) is 6.07 Å². The lowest BCUT2D eigenvalue weighted by Gasteiger charge is -2.27. The van der Waals surface area contributed by atoms with E-state index in [9.17, 15) is 9.59 Å². The van der Waals surface area contributed by atoms with Crippen molar-refractivity contribution >= 4 is 17.5 Å². The van der Waals surface area contributed by atoms with Crippen LogP contribution in [0.4, 0.5) is 5.69 Å². The number of nitriles is 1. The highest BCUT2D eigenvalue weighted by molar-refractivity contribution is 6.02. The van der Waals surface area contributed by atoms with Gasteiger partial charge in [0.2, 0.25) is 11.8 Å². The number of carbonyl (C=O) groups is 2. The molecule has 16 heavy (non-hydrogen) atoms. The van der Waals surface area contributed by atoms with Gasteiger partial charge in [-0.1, -0.05) is 0 Å². The van der Waals surface area contributed by atoms with Crippen LogP contribution in [0, 0.1) is 11.3 Å². The summed E-state index contributed by atoms with van der Waals surface area (Å²) in [7, 11) is 0. The van der Waals surface area contributed by atoms with Crippen LogP contribution in [0.15, 0.2) is 18.5 Å². The summed E-state index contributed by atoms with van der Waals surface area (Å²) in [6.07, 6.45) is 2.97. The summed E-state index contributed by atoms with van der Waals surface area (Å²) < 4.78 is 0. The highest BCUT2D eigenvalue weighted by Gasteiger charge is 2.24. The van der Waals surface area contributed by atoms with Crippen molar-refractivity contribution in [1.82, 2.24) is 10.3 Å². The third kappa shape index (κ3) is 1.83. The fraction of sp³-hybridized carbons (Fsp3) is 0.200. The molecule has 2 rings (SSSR count). The summed E-state index contributed by atoms with van der Waals surface area (Å²) in [6, 6.07) is 3.55. The number of anilines is 1. The zero-order valence-electron chi connectivity index (χ0n) is 8.30. The van der Waals surface area contributed by atoms with E-state index in [4.69, 9.17) is 5.26 Å². The van der Waals surface area contributed by atoms with Crippen molar-refractivity contribution < 1.29 is 9.59 Å². The van der Waals surface area contributed by atoms with E-state index in [1.54, 1.807) is 6.07 Å². The maximum absolute atomic E-state index is 11.2. The van der Waals surface area contributed by atoms with Gasteiger partial charge in [0.05, 0.1) is 30.5 Å². The standard InChI is InChI=1S/C10H8N4O2/c11-3-7-1-2-12-4-8(7)14-5-9(15)13-10(16)6-14/h1-2,4H,5-6H2,(H,13,15,16). The molecule has 0 saturated carbocycles. The minimum Gasteiger partial charge on any atom is -0.351 e. The Morgan fingerprint density at radius 2 is 2.06 bits per heavy atom. The second-order valence-electron chi connectivity index (χ2n) is 3.33. The first-order valence-electron chi connectivity index (χ1n) is 4.62. The maximum atomic E-state index is 11.2. The Kier molecular flexibility index (Phi) is 2.52. The number of nitrogens with one attached hydrogen (secondary N) is 1. The van der Waals surface area contributed by atoms with E-state index in [-0.39, 0.29) is 24.9 Å². The SMILES string of the molecule is N#Cc1ccncc1N1CC(=O)NC(=O)C1. The third-order valence-corrected chi connectivity index (χ3v) is 2.21. The van der Waals surface area contributed by atoms with Gasteiger partial charge >= 0.3 is 0 Å². The van der Waals surface area contributed by atoms with E-state index < -0.39 is 0 Å². The molecular weight excluding hydrogens is 208 g/mol. The smallest absolute Gasteiger partial charge is 0.246 e. The molecule has 1 saturated heterocycles. The molecule has 2 heterocycles. The fourth-order valence-corrected chi connectivity index (χ4v) is 1.54. The molecule has 1 N–H and O–H groups in total. The van der Waals surface area contributed by atoms with Crippen LogP contribution in [0.3, 0.4) is 0 Å². The normalized spacial score (nSPS) is 15.6. The molecule has 0 aliphatic carbocycles. The first-order chi connectivity index (χ1) is 7.70. The summed E-state index contributed by atoms with van der Waals surface area (Å²) in [5.41, 5.74) is 0.908. The molecule has 1 fully saturated rings. The summed E-state index contributed by atoms with van der Waals surface area (Å²) in [6.45, 7) is 0.123. The number of amides is 2. The van der Waals surface area contributed by atoms with E-state index in [0.717, 1.165) is 0 Å². The van der Waals surface area contributed by atoms with Gasteiger partial charge in [0.15, 0.2) is 0 Å². The molecule has 1 aromatic rings. The number of piperazine rings is 1. The fourth-order valence-electron chi connectivity index (χ4n) is 1.54. The number of nitrogens with zero attached hydrogens (tertiary/aromatic N) is 3. The molecule has 0 spiro atoms. The lowest BCUT2D eigenvalue weighted by Crippen LogP contribution is -2.51. The van der Waals surface area contributed by atoms with Gasteiger partial charge in [-0.25, -0.2) is 0 Å². The first-order valence-corrected chi connectivity index (χ1v) is 4.62. The number of hydrogen-bond acceptors (Lipinski definition) is 5. The van der Waals surface area contributed by atoms with E-state index in [2.05, 4.69) is 10.3 Å². The number of carbonyl (C=O) groups excluding carboxylic acids is 2. The van der Waals surface area contributed by atoms with E-state index in [1.807, 2.05) is 6.07 Å². The lowest BCUT2D eigenvalue weighted by atomic mass is 10.2. The summed E-state index contributed by atoms with van der Waals surface area (Å²) >= 11 is 0. The van der Waals surface area contributed by atoms with Gasteiger partial charge < -0.3 is 4.90 Å². The molecule has 1 aromatic heterocycles. The van der Waals surface area contributed by atoms with Crippen LogP contribution in [0.5, 0.6) is 0 Å². The molecular formula is C10H8N4O2. The van der Waals surface area contributed by atoms with E-state index in [0.29, 0.717) is 11.3 Å². The summed E-state index contributed by atoms with van der Waals surface area (Å²) in [4.78, 5) is 27.8. The van der Waals surface area contributed by atoms with Gasteiger partial charge in [-0.2, -0.15) is 5.26 Å². The number of aromatic nitrogens is 1. The average Bonchev–Trinajstić information content (AvgIpc) is 2.27. The van der Waals surface area contributed by atoms with Crippen LogP contribution < -0.4 is 10.2 Å². The molecule has 2 amide bonds. The minimum atomic E-state index is -0.371. The number of hydrogen-bond donors (Lipinski definition) is 1. The van der Waals surface area contributed by atoms with Crippen molar-refractivity contribution in [2.45, 2.75) is 0 Å². The van der Waals surface area contributed by atoms with Gasteiger partial charge in [-0.3, -0.25) is 19.9 Å². The Balaban J connectivity index is 2.33. The van der Waals surface area contributed by atoms with Gasteiger partial charge in [-0.15, -0.1) is 0 Å².